The number of halogens is 4. The summed E-state index contributed by atoms with van der Waals surface area (Å²) in [5.74, 6) is -0.210. The number of rotatable bonds is 3. The second-order valence-electron chi connectivity index (χ2n) is 3.54. The van der Waals surface area contributed by atoms with Crippen LogP contribution >= 0.6 is 27.5 Å². The number of carbonyl (C=O) groups is 1. The van der Waals surface area contributed by atoms with E-state index in [0.717, 1.165) is 4.57 Å². The van der Waals surface area contributed by atoms with Gasteiger partial charge in [-0.2, -0.15) is 8.78 Å². The van der Waals surface area contributed by atoms with Crippen LogP contribution in [0.2, 0.25) is 5.02 Å². The van der Waals surface area contributed by atoms with Crippen LogP contribution in [0.3, 0.4) is 0 Å². The van der Waals surface area contributed by atoms with Gasteiger partial charge in [-0.3, -0.25) is 4.57 Å². The third kappa shape index (κ3) is 3.45. The topological polar surface area (TPSA) is 56.1 Å². The number of benzene rings is 1. The molecule has 0 aliphatic carbocycles. The fourth-order valence-electron chi connectivity index (χ4n) is 1.42. The number of ether oxygens (including phenoxy) is 1. The van der Waals surface area contributed by atoms with Gasteiger partial charge in [0.1, 0.15) is 6.33 Å². The number of aromatic nitrogens is 2. The molecule has 0 aliphatic heterocycles. The van der Waals surface area contributed by atoms with E-state index >= 15 is 0 Å². The molecule has 0 spiro atoms. The lowest BCUT2D eigenvalue weighted by Crippen LogP contribution is -2.19. The number of alkyl halides is 2. The lowest BCUT2D eigenvalue weighted by atomic mass is 10.3. The highest BCUT2D eigenvalue weighted by atomic mass is 79.9. The first-order chi connectivity index (χ1) is 9.47. The van der Waals surface area contributed by atoms with E-state index in [1.165, 1.54) is 30.9 Å². The summed E-state index contributed by atoms with van der Waals surface area (Å²) in [4.78, 5) is 15.6. The van der Waals surface area contributed by atoms with Crippen molar-refractivity contribution >= 4 is 39.2 Å². The first-order valence-corrected chi connectivity index (χ1v) is 6.37. The minimum atomic E-state index is -3.03. The molecule has 0 radical (unpaired) electrons. The number of imidazole rings is 1. The van der Waals surface area contributed by atoms with E-state index in [4.69, 9.17) is 11.6 Å². The summed E-state index contributed by atoms with van der Waals surface area (Å²) in [6.07, 6.45) is 4.08. The molecule has 0 atom stereocenters. The number of amides is 1. The Labute approximate surface area is 125 Å². The Hall–Kier alpha value is -1.67. The average Bonchev–Trinajstić information content (AvgIpc) is 2.87. The van der Waals surface area contributed by atoms with E-state index in [2.05, 4.69) is 31.0 Å². The minimum absolute atomic E-state index is 0.0170. The van der Waals surface area contributed by atoms with Gasteiger partial charge in [-0.25, -0.2) is 9.78 Å². The maximum absolute atomic E-state index is 12.4. The molecule has 20 heavy (non-hydrogen) atoms. The molecule has 5 nitrogen and oxygen atoms in total. The van der Waals surface area contributed by atoms with E-state index < -0.39 is 12.6 Å². The van der Waals surface area contributed by atoms with Gasteiger partial charge in [-0.1, -0.05) is 11.6 Å². The van der Waals surface area contributed by atoms with Crippen molar-refractivity contribution in [1.82, 2.24) is 9.55 Å². The van der Waals surface area contributed by atoms with Crippen molar-refractivity contribution in [2.75, 3.05) is 5.32 Å². The summed E-state index contributed by atoms with van der Waals surface area (Å²) in [6.45, 7) is -3.03. The minimum Gasteiger partial charge on any atom is -0.431 e. The molecule has 0 bridgehead atoms. The Bertz CT molecular complexity index is 622. The van der Waals surface area contributed by atoms with Crippen LogP contribution in [0.25, 0.3) is 0 Å². The predicted octanol–water partition coefficient (Wildman–Crippen LogP) is 3.98. The van der Waals surface area contributed by atoms with Gasteiger partial charge in [0, 0.05) is 17.4 Å². The lowest BCUT2D eigenvalue weighted by Gasteiger charge is -2.14. The van der Waals surface area contributed by atoms with E-state index in [9.17, 15) is 13.6 Å². The highest BCUT2D eigenvalue weighted by Gasteiger charge is 2.17. The van der Waals surface area contributed by atoms with Gasteiger partial charge in [-0.15, -0.1) is 0 Å². The quantitative estimate of drug-likeness (QED) is 0.894. The Morgan fingerprint density at radius 2 is 2.25 bits per heavy atom. The van der Waals surface area contributed by atoms with Gasteiger partial charge in [0.05, 0.1) is 10.2 Å². The zero-order chi connectivity index (χ0) is 14.7. The van der Waals surface area contributed by atoms with Crippen LogP contribution in [-0.2, 0) is 0 Å². The lowest BCUT2D eigenvalue weighted by molar-refractivity contribution is -0.0498. The number of hydrogen-bond acceptors (Lipinski definition) is 3. The number of carbonyl (C=O) groups excluding carboxylic acids is 1. The van der Waals surface area contributed by atoms with Crippen molar-refractivity contribution in [2.45, 2.75) is 6.61 Å². The Morgan fingerprint density at radius 3 is 2.85 bits per heavy atom. The number of nitrogens with one attached hydrogen (secondary N) is 1. The van der Waals surface area contributed by atoms with Crippen molar-refractivity contribution < 1.29 is 18.3 Å². The molecule has 0 unspecified atom stereocenters. The van der Waals surface area contributed by atoms with Gasteiger partial charge in [0.25, 0.3) is 0 Å². The van der Waals surface area contributed by atoms with E-state index in [1.54, 1.807) is 0 Å². The normalized spacial score (nSPS) is 10.7. The third-order valence-corrected chi connectivity index (χ3v) is 3.00. The standard InChI is InChI=1S/C11H7BrClF2N3O2/c12-7-3-6(13)4-8(9(7)20-10(14)15)17-11(19)18-2-1-16-5-18/h1-5,10H,(H,17,19). The number of hydrogen-bond donors (Lipinski definition) is 1. The van der Waals surface area contributed by atoms with Crippen molar-refractivity contribution in [3.05, 3.63) is 40.3 Å². The van der Waals surface area contributed by atoms with Gasteiger partial charge < -0.3 is 10.1 Å². The second-order valence-corrected chi connectivity index (χ2v) is 4.83. The third-order valence-electron chi connectivity index (χ3n) is 2.20. The van der Waals surface area contributed by atoms with Gasteiger partial charge in [0.15, 0.2) is 5.75 Å². The monoisotopic (exact) mass is 365 g/mol. The Balaban J connectivity index is 2.32. The molecule has 0 fully saturated rings. The molecule has 1 heterocycles. The predicted molar refractivity (Wildman–Crippen MR) is 72.4 cm³/mol. The van der Waals surface area contributed by atoms with Crippen LogP contribution in [0.1, 0.15) is 0 Å². The summed E-state index contributed by atoms with van der Waals surface area (Å²) >= 11 is 8.88. The zero-order valence-electron chi connectivity index (χ0n) is 9.69. The Kier molecular flexibility index (Phi) is 4.56. The number of anilines is 1. The van der Waals surface area contributed by atoms with Crippen LogP contribution in [0.15, 0.2) is 35.3 Å². The van der Waals surface area contributed by atoms with E-state index in [-0.39, 0.29) is 20.9 Å². The smallest absolute Gasteiger partial charge is 0.387 e. The average molecular weight is 367 g/mol. The summed E-state index contributed by atoms with van der Waals surface area (Å²) in [5.41, 5.74) is 0.0170. The molecule has 1 aromatic heterocycles. The summed E-state index contributed by atoms with van der Waals surface area (Å²) in [7, 11) is 0. The molecule has 2 aromatic rings. The zero-order valence-corrected chi connectivity index (χ0v) is 12.0. The Morgan fingerprint density at radius 1 is 1.50 bits per heavy atom. The molecule has 1 aromatic carbocycles. The SMILES string of the molecule is O=C(Nc1cc(Cl)cc(Br)c1OC(F)F)n1ccnc1. The van der Waals surface area contributed by atoms with Crippen molar-refractivity contribution in [3.63, 3.8) is 0 Å². The van der Waals surface area contributed by atoms with Crippen LogP contribution in [-0.4, -0.2) is 22.2 Å². The van der Waals surface area contributed by atoms with Crippen molar-refractivity contribution in [1.29, 1.82) is 0 Å². The molecule has 0 aliphatic rings. The first-order valence-electron chi connectivity index (χ1n) is 5.20. The molecule has 1 amide bonds. The molecule has 106 valence electrons. The molecular weight excluding hydrogens is 359 g/mol. The highest BCUT2D eigenvalue weighted by molar-refractivity contribution is 9.10. The van der Waals surface area contributed by atoms with Gasteiger partial charge in [0.2, 0.25) is 0 Å². The molecule has 0 saturated carbocycles. The summed E-state index contributed by atoms with van der Waals surface area (Å²) in [6, 6.07) is 2.10. The van der Waals surface area contributed by atoms with Gasteiger partial charge in [-0.05, 0) is 28.1 Å². The van der Waals surface area contributed by atoms with Crippen LogP contribution in [0.4, 0.5) is 19.3 Å². The fraction of sp³-hybridized carbons (Fsp3) is 0.0909. The fourth-order valence-corrected chi connectivity index (χ4v) is 2.32. The second kappa shape index (κ2) is 6.19. The molecule has 9 heteroatoms. The van der Waals surface area contributed by atoms with E-state index in [1.807, 2.05) is 0 Å². The number of nitrogens with zero attached hydrogens (tertiary/aromatic N) is 2. The highest BCUT2D eigenvalue weighted by Crippen LogP contribution is 2.37. The van der Waals surface area contributed by atoms with Crippen LogP contribution in [0, 0.1) is 0 Å². The first kappa shape index (κ1) is 14.7. The maximum Gasteiger partial charge on any atom is 0.387 e. The van der Waals surface area contributed by atoms with Crippen molar-refractivity contribution in [3.8, 4) is 5.75 Å². The molecule has 1 N–H and O–H groups in total. The molecular formula is C11H7BrClF2N3O2. The molecule has 0 saturated heterocycles. The van der Waals surface area contributed by atoms with Gasteiger partial charge >= 0.3 is 12.6 Å². The summed E-state index contributed by atoms with van der Waals surface area (Å²) < 4.78 is 30.5. The van der Waals surface area contributed by atoms with Crippen molar-refractivity contribution in [2.24, 2.45) is 0 Å². The van der Waals surface area contributed by atoms with Crippen LogP contribution in [0.5, 0.6) is 5.75 Å². The largest absolute Gasteiger partial charge is 0.431 e. The van der Waals surface area contributed by atoms with E-state index in [0.29, 0.717) is 0 Å². The summed E-state index contributed by atoms with van der Waals surface area (Å²) in [5, 5.41) is 2.66. The maximum atomic E-state index is 12.4. The van der Waals surface area contributed by atoms with Crippen LogP contribution < -0.4 is 10.1 Å². The molecule has 2 rings (SSSR count).